The lowest BCUT2D eigenvalue weighted by molar-refractivity contribution is 1.09. The molecule has 0 aliphatic carbocycles. The van der Waals surface area contributed by atoms with Crippen LogP contribution in [0.4, 0.5) is 11.4 Å². The van der Waals surface area contributed by atoms with Crippen LogP contribution in [0.3, 0.4) is 0 Å². The van der Waals surface area contributed by atoms with E-state index in [0.29, 0.717) is 24.2 Å². The second-order valence-electron chi connectivity index (χ2n) is 5.73. The molecule has 0 radical (unpaired) electrons. The van der Waals surface area contributed by atoms with Crippen LogP contribution in [-0.2, 0) is 13.1 Å². The van der Waals surface area contributed by atoms with Crippen molar-refractivity contribution >= 4 is 11.4 Å². The van der Waals surface area contributed by atoms with E-state index >= 15 is 0 Å². The first-order valence-electron chi connectivity index (χ1n) is 7.91. The van der Waals surface area contributed by atoms with Crippen LogP contribution < -0.4 is 21.5 Å². The molecule has 0 aliphatic rings. The summed E-state index contributed by atoms with van der Waals surface area (Å²) in [5.41, 5.74) is 2.38. The molecule has 0 unspecified atom stereocenters. The zero-order valence-corrected chi connectivity index (χ0v) is 13.7. The molecular formula is C20H14N4O2. The van der Waals surface area contributed by atoms with Gasteiger partial charge in [-0.15, -0.1) is 0 Å². The van der Waals surface area contributed by atoms with Crippen molar-refractivity contribution in [1.82, 2.24) is 0 Å². The van der Waals surface area contributed by atoms with Crippen LogP contribution in [0.15, 0.2) is 58.1 Å². The van der Waals surface area contributed by atoms with Crippen molar-refractivity contribution < 1.29 is 0 Å². The lowest BCUT2D eigenvalue weighted by Crippen LogP contribution is -2.37. The lowest BCUT2D eigenvalue weighted by atomic mass is 10.1. The average Bonchev–Trinajstić information content (AvgIpc) is 2.70. The molecule has 6 heteroatoms. The summed E-state index contributed by atoms with van der Waals surface area (Å²) in [6, 6.07) is 18.0. The Labute approximate surface area is 149 Å². The molecular weight excluding hydrogens is 328 g/mol. The first-order chi connectivity index (χ1) is 12.6. The topological polar surface area (TPSA) is 106 Å². The standard InChI is InChI=1S/C20H14N4O2/c21-9-13-1-5-15(6-2-13)11-23-17-18(20(26)19(17)25)24-12-16-7-3-14(10-22)4-8-16/h1-8,23-24H,11-12H2. The molecule has 0 amide bonds. The van der Waals surface area contributed by atoms with E-state index in [2.05, 4.69) is 10.6 Å². The quantitative estimate of drug-likeness (QED) is 0.666. The van der Waals surface area contributed by atoms with Crippen LogP contribution in [0.1, 0.15) is 22.3 Å². The van der Waals surface area contributed by atoms with Gasteiger partial charge in [-0.1, -0.05) is 24.3 Å². The Morgan fingerprint density at radius 3 is 1.31 bits per heavy atom. The van der Waals surface area contributed by atoms with Crippen molar-refractivity contribution in [2.24, 2.45) is 0 Å². The molecule has 0 saturated carbocycles. The van der Waals surface area contributed by atoms with E-state index in [1.54, 1.807) is 48.5 Å². The number of benzene rings is 2. The molecule has 126 valence electrons. The number of nitriles is 2. The highest BCUT2D eigenvalue weighted by molar-refractivity contribution is 5.74. The maximum absolute atomic E-state index is 11.8. The predicted octanol–water partition coefficient (Wildman–Crippen LogP) is 2.25. The van der Waals surface area contributed by atoms with E-state index in [1.165, 1.54) is 0 Å². The van der Waals surface area contributed by atoms with Gasteiger partial charge in [0.2, 0.25) is 0 Å². The van der Waals surface area contributed by atoms with Gasteiger partial charge in [-0.05, 0) is 35.4 Å². The molecule has 0 spiro atoms. The smallest absolute Gasteiger partial charge is 0.253 e. The summed E-state index contributed by atoms with van der Waals surface area (Å²) in [4.78, 5) is 23.6. The Bertz CT molecular complexity index is 988. The van der Waals surface area contributed by atoms with Gasteiger partial charge in [0, 0.05) is 13.1 Å². The summed E-state index contributed by atoms with van der Waals surface area (Å²) in [6.07, 6.45) is 0. The minimum atomic E-state index is -0.541. The van der Waals surface area contributed by atoms with E-state index in [-0.39, 0.29) is 11.4 Å². The first kappa shape index (κ1) is 16.9. The zero-order valence-electron chi connectivity index (χ0n) is 13.7. The van der Waals surface area contributed by atoms with E-state index in [9.17, 15) is 9.59 Å². The zero-order chi connectivity index (χ0) is 18.5. The summed E-state index contributed by atoms with van der Waals surface area (Å²) in [6.45, 7) is 0.754. The van der Waals surface area contributed by atoms with Gasteiger partial charge in [-0.3, -0.25) is 9.59 Å². The van der Waals surface area contributed by atoms with Gasteiger partial charge in [0.15, 0.2) is 0 Å². The van der Waals surface area contributed by atoms with Gasteiger partial charge in [0.05, 0.1) is 23.3 Å². The maximum atomic E-state index is 11.8. The monoisotopic (exact) mass is 342 g/mol. The molecule has 0 heterocycles. The minimum absolute atomic E-state index is 0.271. The lowest BCUT2D eigenvalue weighted by Gasteiger charge is -2.15. The molecule has 0 bridgehead atoms. The third-order valence-corrected chi connectivity index (χ3v) is 4.02. The van der Waals surface area contributed by atoms with Crippen LogP contribution >= 0.6 is 0 Å². The molecule has 2 N–H and O–H groups in total. The number of anilines is 2. The molecule has 3 rings (SSSR count). The third kappa shape index (κ3) is 3.45. The Morgan fingerprint density at radius 1 is 0.654 bits per heavy atom. The molecule has 0 fully saturated rings. The Morgan fingerprint density at radius 2 is 1.00 bits per heavy atom. The van der Waals surface area contributed by atoms with Crippen molar-refractivity contribution in [1.29, 1.82) is 10.5 Å². The van der Waals surface area contributed by atoms with Crippen molar-refractivity contribution in [3.8, 4) is 12.1 Å². The Kier molecular flexibility index (Phi) is 4.78. The third-order valence-electron chi connectivity index (χ3n) is 4.02. The Hall–Kier alpha value is -3.90. The van der Waals surface area contributed by atoms with Crippen LogP contribution in [0.5, 0.6) is 0 Å². The highest BCUT2D eigenvalue weighted by Crippen LogP contribution is 2.17. The fourth-order valence-electron chi connectivity index (χ4n) is 2.50. The van der Waals surface area contributed by atoms with Gasteiger partial charge in [-0.25, -0.2) is 0 Å². The molecule has 0 aromatic heterocycles. The normalized spacial score (nSPS) is 10.1. The van der Waals surface area contributed by atoms with E-state index in [4.69, 9.17) is 10.5 Å². The number of nitrogens with zero attached hydrogens (tertiary/aromatic N) is 2. The van der Waals surface area contributed by atoms with Crippen LogP contribution in [0.25, 0.3) is 0 Å². The predicted molar refractivity (Wildman–Crippen MR) is 98.3 cm³/mol. The number of hydrogen-bond acceptors (Lipinski definition) is 6. The second kappa shape index (κ2) is 7.33. The first-order valence-corrected chi connectivity index (χ1v) is 7.91. The molecule has 0 aliphatic heterocycles. The van der Waals surface area contributed by atoms with Gasteiger partial charge < -0.3 is 10.6 Å². The van der Waals surface area contributed by atoms with Crippen molar-refractivity contribution in [3.05, 3.63) is 91.2 Å². The maximum Gasteiger partial charge on any atom is 0.253 e. The number of hydrogen-bond donors (Lipinski definition) is 2. The van der Waals surface area contributed by atoms with Gasteiger partial charge in [0.1, 0.15) is 11.4 Å². The van der Waals surface area contributed by atoms with E-state index in [1.807, 2.05) is 12.1 Å². The second-order valence-corrected chi connectivity index (χ2v) is 5.73. The number of nitrogens with one attached hydrogen (secondary N) is 2. The largest absolute Gasteiger partial charge is 0.376 e. The van der Waals surface area contributed by atoms with Gasteiger partial charge in [-0.2, -0.15) is 10.5 Å². The molecule has 3 aromatic carbocycles. The Balaban J connectivity index is 1.65. The van der Waals surface area contributed by atoms with E-state index < -0.39 is 10.9 Å². The van der Waals surface area contributed by atoms with Crippen LogP contribution in [0.2, 0.25) is 0 Å². The van der Waals surface area contributed by atoms with Crippen LogP contribution in [0, 0.1) is 22.7 Å². The van der Waals surface area contributed by atoms with E-state index in [0.717, 1.165) is 11.1 Å². The average molecular weight is 342 g/mol. The molecule has 0 saturated heterocycles. The van der Waals surface area contributed by atoms with Gasteiger partial charge >= 0.3 is 0 Å². The minimum Gasteiger partial charge on any atom is -0.376 e. The van der Waals surface area contributed by atoms with Crippen molar-refractivity contribution in [2.75, 3.05) is 10.6 Å². The summed E-state index contributed by atoms with van der Waals surface area (Å²) in [7, 11) is 0. The number of rotatable bonds is 6. The highest BCUT2D eigenvalue weighted by atomic mass is 16.2. The van der Waals surface area contributed by atoms with Crippen molar-refractivity contribution in [2.45, 2.75) is 13.1 Å². The summed E-state index contributed by atoms with van der Waals surface area (Å²) in [5.74, 6) is 0. The summed E-state index contributed by atoms with van der Waals surface area (Å²) >= 11 is 0. The molecule has 3 aromatic rings. The fraction of sp³-hybridized carbons (Fsp3) is 0.100. The molecule has 0 atom stereocenters. The van der Waals surface area contributed by atoms with Crippen LogP contribution in [-0.4, -0.2) is 0 Å². The highest BCUT2D eigenvalue weighted by Gasteiger charge is 2.20. The molecule has 26 heavy (non-hydrogen) atoms. The molecule has 6 nitrogen and oxygen atoms in total. The van der Waals surface area contributed by atoms with Gasteiger partial charge in [0.25, 0.3) is 10.9 Å². The summed E-state index contributed by atoms with van der Waals surface area (Å²) < 4.78 is 0. The summed E-state index contributed by atoms with van der Waals surface area (Å²) in [5, 5.41) is 23.5. The van der Waals surface area contributed by atoms with Crippen molar-refractivity contribution in [3.63, 3.8) is 0 Å². The fourth-order valence-corrected chi connectivity index (χ4v) is 2.50. The SMILES string of the molecule is N#Cc1ccc(CNc2c(NCc3ccc(C#N)cc3)c(=O)c2=O)cc1.